The maximum absolute atomic E-state index is 15.9. The molecule has 1 N–H and O–H groups in total. The van der Waals surface area contributed by atoms with Crippen LogP contribution in [0.25, 0.3) is 33.5 Å². The van der Waals surface area contributed by atoms with Crippen LogP contribution in [-0.4, -0.2) is 89.1 Å². The summed E-state index contributed by atoms with van der Waals surface area (Å²) in [4.78, 5) is 20.5. The number of benzene rings is 2. The zero-order valence-corrected chi connectivity index (χ0v) is 40.0. The molecule has 0 fully saturated rings. The lowest BCUT2D eigenvalue weighted by Gasteiger charge is -2.18. The molecular weight excluding hydrogens is 798 g/mol. The molecule has 5 aromatic rings. The summed E-state index contributed by atoms with van der Waals surface area (Å²) >= 11 is 0. The van der Waals surface area contributed by atoms with Crippen LogP contribution in [-0.2, 0) is 60.8 Å². The number of aromatic nitrogens is 6. The molecule has 0 saturated heterocycles. The van der Waals surface area contributed by atoms with Gasteiger partial charge in [0.2, 0.25) is 0 Å². The van der Waals surface area contributed by atoms with Crippen molar-refractivity contribution >= 4 is 41.0 Å². The molecule has 4 heterocycles. The van der Waals surface area contributed by atoms with Crippen LogP contribution in [0, 0.1) is 5.82 Å². The van der Waals surface area contributed by atoms with Crippen LogP contribution in [0.1, 0.15) is 39.8 Å². The average molecular weight is 862 g/mol. The summed E-state index contributed by atoms with van der Waals surface area (Å²) in [6.45, 7) is 25.8. The van der Waals surface area contributed by atoms with Crippen molar-refractivity contribution in [2.24, 2.45) is 7.05 Å². The van der Waals surface area contributed by atoms with Gasteiger partial charge in [-0.15, -0.1) is 0 Å². The predicted molar refractivity (Wildman–Crippen MR) is 240 cm³/mol. The van der Waals surface area contributed by atoms with Crippen LogP contribution in [0.3, 0.4) is 0 Å². The monoisotopic (exact) mass is 861 g/mol. The molecule has 3 aromatic heterocycles. The maximum atomic E-state index is 15.9. The third kappa shape index (κ3) is 10.9. The van der Waals surface area contributed by atoms with E-state index in [2.05, 4.69) is 68.6 Å². The van der Waals surface area contributed by atoms with Crippen LogP contribution in [0.4, 0.5) is 4.39 Å². The number of imidazole rings is 1. The van der Waals surface area contributed by atoms with E-state index in [1.54, 1.807) is 29.0 Å². The fraction of sp³-hybridized carbons (Fsp3) is 0.535. The van der Waals surface area contributed by atoms with Crippen molar-refractivity contribution in [3.05, 3.63) is 70.6 Å². The van der Waals surface area contributed by atoms with Gasteiger partial charge in [-0.3, -0.25) is 9.48 Å². The Morgan fingerprint density at radius 3 is 2.12 bits per heavy atom. The zero-order valence-electron chi connectivity index (χ0n) is 37.0. The van der Waals surface area contributed by atoms with E-state index < -0.39 is 30.0 Å². The topological polar surface area (TPSA) is 122 Å². The Balaban J connectivity index is 1.39. The number of hydrogen-bond donors (Lipinski definition) is 1. The average Bonchev–Trinajstić information content (AvgIpc) is 3.92. The molecule has 320 valence electrons. The van der Waals surface area contributed by atoms with Crippen molar-refractivity contribution in [1.29, 1.82) is 0 Å². The largest absolute Gasteiger partial charge is 0.507 e. The molecule has 1 amide bonds. The molecule has 2 aromatic carbocycles. The number of nitrogens with zero attached hydrogens (tertiary/aromatic N) is 7. The van der Waals surface area contributed by atoms with Gasteiger partial charge in [0.15, 0.2) is 5.82 Å². The molecule has 0 saturated carbocycles. The second-order valence-corrected chi connectivity index (χ2v) is 36.4. The molecule has 6 rings (SSSR count). The lowest BCUT2D eigenvalue weighted by molar-refractivity contribution is 0.0723. The summed E-state index contributed by atoms with van der Waals surface area (Å²) in [6.07, 6.45) is 3.83. The van der Waals surface area contributed by atoms with Crippen LogP contribution in [0.5, 0.6) is 5.75 Å². The first-order chi connectivity index (χ1) is 27.7. The van der Waals surface area contributed by atoms with Gasteiger partial charge in [-0.2, -0.15) is 10.2 Å². The molecule has 1 aliphatic heterocycles. The molecule has 0 aliphatic carbocycles. The van der Waals surface area contributed by atoms with Crippen molar-refractivity contribution in [2.45, 2.75) is 124 Å². The lowest BCUT2D eigenvalue weighted by atomic mass is 9.93. The maximum Gasteiger partial charge on any atom is 0.257 e. The quantitative estimate of drug-likeness (QED) is 0.0645. The summed E-state index contributed by atoms with van der Waals surface area (Å²) in [5.74, 6) is 0.0131. The highest BCUT2D eigenvalue weighted by Gasteiger charge is 2.33. The van der Waals surface area contributed by atoms with Gasteiger partial charge in [0, 0.05) is 68.2 Å². The highest BCUT2D eigenvalue weighted by molar-refractivity contribution is 6.76. The van der Waals surface area contributed by atoms with Gasteiger partial charge in [-0.1, -0.05) is 71.9 Å². The summed E-state index contributed by atoms with van der Waals surface area (Å²) in [5.41, 5.74) is 5.97. The van der Waals surface area contributed by atoms with Gasteiger partial charge in [0.05, 0.1) is 53.9 Å². The first-order valence-electron chi connectivity index (χ1n) is 20.9. The molecular formula is C43H64FN7O5Si3. The summed E-state index contributed by atoms with van der Waals surface area (Å²) in [6, 6.07) is 10.5. The Morgan fingerprint density at radius 2 is 1.51 bits per heavy atom. The van der Waals surface area contributed by atoms with E-state index in [4.69, 9.17) is 24.3 Å². The van der Waals surface area contributed by atoms with E-state index in [-0.39, 0.29) is 37.3 Å². The van der Waals surface area contributed by atoms with Crippen LogP contribution in [0.15, 0.2) is 36.7 Å². The number of amides is 1. The standard InChI is InChI=1S/C43H64FN7O5Si3/c1-12-32-34(22-36(44)35(41(32)52)27-54-15-18-57(3,4)5)30-13-14-33-38(21-30)51(29-56-17-20-59(9,10)11)47-40(33)42-46-37-25-49(43(53)31-23-45-48(2)24-31)26-39(37)50(42)28-55-16-19-58(6,7)8/h13-14,21-24,52H,12,15-20,25-29H2,1-11H3. The molecule has 0 radical (unpaired) electrons. The number of carbonyl (C=O) groups excluding carboxylic acids is 1. The SMILES string of the molecule is CCc1c(-c2ccc3c(-c4nc5c(n4COCC[Si](C)(C)C)CN(C(=O)c4cnn(C)c4)C5)nn(COCC[Si](C)(C)C)c3c2)cc(F)c(COCC[Si](C)(C)C)c1O. The van der Waals surface area contributed by atoms with E-state index >= 15 is 4.39 Å². The van der Waals surface area contributed by atoms with Gasteiger partial charge in [-0.25, -0.2) is 14.1 Å². The number of phenols is 1. The lowest BCUT2D eigenvalue weighted by Crippen LogP contribution is -2.26. The second kappa shape index (κ2) is 18.0. The predicted octanol–water partition coefficient (Wildman–Crippen LogP) is 9.34. The summed E-state index contributed by atoms with van der Waals surface area (Å²) in [5, 5.41) is 21.7. The smallest absolute Gasteiger partial charge is 0.257 e. The number of aromatic hydroxyl groups is 1. The molecule has 0 spiro atoms. The van der Waals surface area contributed by atoms with E-state index in [1.165, 1.54) is 6.07 Å². The van der Waals surface area contributed by atoms with Crippen LogP contribution >= 0.6 is 0 Å². The van der Waals surface area contributed by atoms with Crippen molar-refractivity contribution < 1.29 is 28.5 Å². The van der Waals surface area contributed by atoms with Gasteiger partial charge in [0.25, 0.3) is 5.91 Å². The fourth-order valence-electron chi connectivity index (χ4n) is 7.13. The first kappa shape index (κ1) is 44.6. The van der Waals surface area contributed by atoms with Gasteiger partial charge in [0.1, 0.15) is 30.7 Å². The molecule has 0 bridgehead atoms. The minimum Gasteiger partial charge on any atom is -0.507 e. The Morgan fingerprint density at radius 1 is 0.864 bits per heavy atom. The minimum absolute atomic E-state index is 0.0210. The number of halogens is 1. The molecule has 0 atom stereocenters. The van der Waals surface area contributed by atoms with E-state index in [0.717, 1.165) is 46.0 Å². The Hall–Kier alpha value is -3.94. The minimum atomic E-state index is -1.35. The van der Waals surface area contributed by atoms with Crippen LogP contribution < -0.4 is 0 Å². The van der Waals surface area contributed by atoms with E-state index in [9.17, 15) is 9.90 Å². The third-order valence-corrected chi connectivity index (χ3v) is 15.9. The highest BCUT2D eigenvalue weighted by Crippen LogP contribution is 2.39. The van der Waals surface area contributed by atoms with Crippen molar-refractivity contribution in [2.75, 3.05) is 19.8 Å². The number of hydrogen-bond acceptors (Lipinski definition) is 8. The first-order valence-corrected chi connectivity index (χ1v) is 32.0. The van der Waals surface area contributed by atoms with Gasteiger partial charge < -0.3 is 28.8 Å². The summed E-state index contributed by atoms with van der Waals surface area (Å²) < 4.78 is 39.9. The molecule has 16 heteroatoms. The Bertz CT molecular complexity index is 2280. The van der Waals surface area contributed by atoms with Crippen molar-refractivity contribution in [1.82, 2.24) is 34.0 Å². The Kier molecular flexibility index (Phi) is 13.6. The number of fused-ring (bicyclic) bond motifs is 2. The van der Waals surface area contributed by atoms with Crippen molar-refractivity contribution in [3.8, 4) is 28.4 Å². The number of aryl methyl sites for hydroxylation is 1. The van der Waals surface area contributed by atoms with Crippen LogP contribution in [0.2, 0.25) is 77.1 Å². The zero-order chi connectivity index (χ0) is 42.9. The molecule has 1 aliphatic rings. The molecule has 0 unspecified atom stereocenters. The number of phenolic OH excluding ortho intramolecular Hbond substituents is 1. The normalized spacial score (nSPS) is 13.6. The van der Waals surface area contributed by atoms with Gasteiger partial charge >= 0.3 is 0 Å². The Labute approximate surface area is 351 Å². The van der Waals surface area contributed by atoms with Crippen molar-refractivity contribution in [3.63, 3.8) is 0 Å². The molecule has 12 nitrogen and oxygen atoms in total. The summed E-state index contributed by atoms with van der Waals surface area (Å²) in [7, 11) is -2.21. The number of carbonyl (C=O) groups is 1. The van der Waals surface area contributed by atoms with E-state index in [0.29, 0.717) is 67.5 Å². The fourth-order valence-corrected chi connectivity index (χ4v) is 9.40. The molecule has 59 heavy (non-hydrogen) atoms. The third-order valence-electron chi connectivity index (χ3n) is 10.8. The van der Waals surface area contributed by atoms with Gasteiger partial charge in [-0.05, 0) is 53.9 Å². The number of rotatable bonds is 19. The van der Waals surface area contributed by atoms with E-state index in [1.807, 2.05) is 29.8 Å². The highest BCUT2D eigenvalue weighted by atomic mass is 28.3. The second-order valence-electron chi connectivity index (χ2n) is 19.5. The number of ether oxygens (including phenoxy) is 3.